The van der Waals surface area contributed by atoms with Gasteiger partial charge in [-0.3, -0.25) is 19.7 Å². The Morgan fingerprint density at radius 1 is 1.28 bits per heavy atom. The highest BCUT2D eigenvalue weighted by Crippen LogP contribution is 2.26. The molecule has 0 bridgehead atoms. The van der Waals surface area contributed by atoms with E-state index < -0.39 is 5.91 Å². The Morgan fingerprint density at radius 2 is 2.12 bits per heavy atom. The molecule has 4 rings (SSSR count). The van der Waals surface area contributed by atoms with E-state index in [-0.39, 0.29) is 17.1 Å². The molecule has 0 spiro atoms. The van der Waals surface area contributed by atoms with Gasteiger partial charge < -0.3 is 9.73 Å². The second kappa shape index (κ2) is 6.14. The van der Waals surface area contributed by atoms with Gasteiger partial charge in [0.1, 0.15) is 10.5 Å². The van der Waals surface area contributed by atoms with Crippen LogP contribution in [0.1, 0.15) is 32.3 Å². The zero-order valence-corrected chi connectivity index (χ0v) is 13.8. The summed E-state index contributed by atoms with van der Waals surface area (Å²) in [5, 5.41) is 6.11. The third-order valence-corrected chi connectivity index (χ3v) is 4.87. The topological polar surface area (TPSA) is 101 Å². The molecule has 25 heavy (non-hydrogen) atoms. The predicted molar refractivity (Wildman–Crippen MR) is 93.2 cm³/mol. The molecule has 1 aromatic carbocycles. The minimum absolute atomic E-state index is 0.0986. The van der Waals surface area contributed by atoms with E-state index in [0.717, 1.165) is 23.8 Å². The van der Waals surface area contributed by atoms with Crippen molar-refractivity contribution in [1.29, 1.82) is 0 Å². The summed E-state index contributed by atoms with van der Waals surface area (Å²) < 4.78 is 5.51. The minimum Gasteiger partial charge on any atom is -0.451 e. The van der Waals surface area contributed by atoms with E-state index in [1.54, 1.807) is 24.3 Å². The van der Waals surface area contributed by atoms with Gasteiger partial charge in [-0.05, 0) is 25.0 Å². The van der Waals surface area contributed by atoms with Gasteiger partial charge >= 0.3 is 0 Å². The number of aromatic nitrogens is 1. The van der Waals surface area contributed by atoms with Crippen LogP contribution in [-0.4, -0.2) is 23.3 Å². The fraction of sp³-hybridized carbons (Fsp3) is 0.176. The van der Waals surface area contributed by atoms with Gasteiger partial charge in [-0.1, -0.05) is 23.5 Å². The maximum atomic E-state index is 12.4. The first kappa shape index (κ1) is 15.5. The summed E-state index contributed by atoms with van der Waals surface area (Å²) in [6, 6.07) is 7.88. The van der Waals surface area contributed by atoms with Crippen LogP contribution in [0.2, 0.25) is 0 Å². The lowest BCUT2D eigenvalue weighted by Gasteiger charge is -2.03. The number of anilines is 1. The number of para-hydroxylation sites is 1. The van der Waals surface area contributed by atoms with Crippen molar-refractivity contribution >= 4 is 39.3 Å². The SMILES string of the molecule is O=C(Nc1nc2c(s1)C(=O)NCCC2)c1cc(=O)c2ccccc2o1. The predicted octanol–water partition coefficient (Wildman–Crippen LogP) is 2.18. The molecule has 0 saturated heterocycles. The van der Waals surface area contributed by atoms with Crippen molar-refractivity contribution in [3.05, 3.63) is 56.9 Å². The van der Waals surface area contributed by atoms with E-state index in [1.807, 2.05) is 0 Å². The van der Waals surface area contributed by atoms with Crippen LogP contribution in [0.4, 0.5) is 5.13 Å². The van der Waals surface area contributed by atoms with Gasteiger partial charge in [-0.15, -0.1) is 0 Å². The lowest BCUT2D eigenvalue weighted by atomic mass is 10.2. The maximum absolute atomic E-state index is 12.4. The Bertz CT molecular complexity index is 1050. The smallest absolute Gasteiger partial charge is 0.293 e. The van der Waals surface area contributed by atoms with Crippen molar-refractivity contribution in [3.8, 4) is 0 Å². The second-order valence-corrected chi connectivity index (χ2v) is 6.58. The lowest BCUT2D eigenvalue weighted by molar-refractivity contribution is 0.0958. The summed E-state index contributed by atoms with van der Waals surface area (Å²) in [6.07, 6.45) is 1.47. The number of hydrogen-bond donors (Lipinski definition) is 2. The van der Waals surface area contributed by atoms with Crippen LogP contribution < -0.4 is 16.1 Å². The molecule has 1 aliphatic rings. The molecule has 0 saturated carbocycles. The molecular formula is C17H13N3O4S. The molecule has 3 heterocycles. The summed E-state index contributed by atoms with van der Waals surface area (Å²) >= 11 is 1.11. The first-order valence-corrected chi connectivity index (χ1v) is 8.55. The van der Waals surface area contributed by atoms with Crippen molar-refractivity contribution in [1.82, 2.24) is 10.3 Å². The Hall–Kier alpha value is -3.00. The number of carbonyl (C=O) groups is 2. The molecular weight excluding hydrogens is 342 g/mol. The van der Waals surface area contributed by atoms with Gasteiger partial charge in [0.15, 0.2) is 16.3 Å². The first-order chi connectivity index (χ1) is 12.1. The quantitative estimate of drug-likeness (QED) is 0.734. The molecule has 2 N–H and O–H groups in total. The average molecular weight is 355 g/mol. The second-order valence-electron chi connectivity index (χ2n) is 5.58. The van der Waals surface area contributed by atoms with Crippen LogP contribution in [0.3, 0.4) is 0 Å². The number of hydrogen-bond acceptors (Lipinski definition) is 6. The van der Waals surface area contributed by atoms with Crippen LogP contribution in [0.15, 0.2) is 39.5 Å². The van der Waals surface area contributed by atoms with Crippen LogP contribution in [0.5, 0.6) is 0 Å². The van der Waals surface area contributed by atoms with Crippen molar-refractivity contribution < 1.29 is 14.0 Å². The summed E-state index contributed by atoms with van der Waals surface area (Å²) in [7, 11) is 0. The third-order valence-electron chi connectivity index (χ3n) is 3.86. The normalized spacial score (nSPS) is 13.8. The van der Waals surface area contributed by atoms with E-state index >= 15 is 0 Å². The van der Waals surface area contributed by atoms with E-state index in [4.69, 9.17) is 4.42 Å². The first-order valence-electron chi connectivity index (χ1n) is 7.74. The molecule has 3 aromatic rings. The minimum atomic E-state index is -0.577. The summed E-state index contributed by atoms with van der Waals surface area (Å²) in [5.74, 6) is -0.853. The van der Waals surface area contributed by atoms with Crippen LogP contribution in [0, 0.1) is 0 Å². The number of benzene rings is 1. The molecule has 0 fully saturated rings. The molecule has 0 radical (unpaired) electrons. The van der Waals surface area contributed by atoms with Crippen molar-refractivity contribution in [2.75, 3.05) is 11.9 Å². The number of carbonyl (C=O) groups excluding carboxylic acids is 2. The van der Waals surface area contributed by atoms with Gasteiger partial charge in [0.05, 0.1) is 11.1 Å². The number of thiazole rings is 1. The van der Waals surface area contributed by atoms with E-state index in [1.165, 1.54) is 0 Å². The number of nitrogens with zero attached hydrogens (tertiary/aromatic N) is 1. The summed E-state index contributed by atoms with van der Waals surface area (Å²) in [6.45, 7) is 0.617. The summed E-state index contributed by atoms with van der Waals surface area (Å²) in [5.41, 5.74) is 0.728. The Morgan fingerprint density at radius 3 is 3.00 bits per heavy atom. The van der Waals surface area contributed by atoms with Gasteiger partial charge in [-0.25, -0.2) is 4.98 Å². The summed E-state index contributed by atoms with van der Waals surface area (Å²) in [4.78, 5) is 41.3. The van der Waals surface area contributed by atoms with Crippen LogP contribution in [-0.2, 0) is 6.42 Å². The Balaban J connectivity index is 1.64. The molecule has 0 atom stereocenters. The average Bonchev–Trinajstić information content (AvgIpc) is 2.93. The van der Waals surface area contributed by atoms with Crippen LogP contribution in [0.25, 0.3) is 11.0 Å². The third kappa shape index (κ3) is 2.91. The van der Waals surface area contributed by atoms with Gasteiger partial charge in [0.25, 0.3) is 11.8 Å². The van der Waals surface area contributed by atoms with Crippen molar-refractivity contribution in [3.63, 3.8) is 0 Å². The number of fused-ring (bicyclic) bond motifs is 2. The molecule has 8 heteroatoms. The highest BCUT2D eigenvalue weighted by molar-refractivity contribution is 7.17. The zero-order valence-electron chi connectivity index (χ0n) is 13.0. The highest BCUT2D eigenvalue weighted by Gasteiger charge is 2.22. The number of amides is 2. The zero-order chi connectivity index (χ0) is 17.4. The van der Waals surface area contributed by atoms with Crippen LogP contribution >= 0.6 is 11.3 Å². The van der Waals surface area contributed by atoms with Gasteiger partial charge in [0.2, 0.25) is 0 Å². The van der Waals surface area contributed by atoms with Gasteiger partial charge in [0, 0.05) is 12.6 Å². The largest absolute Gasteiger partial charge is 0.451 e. The van der Waals surface area contributed by atoms with E-state index in [9.17, 15) is 14.4 Å². The number of nitrogens with one attached hydrogen (secondary N) is 2. The van der Waals surface area contributed by atoms with Gasteiger partial charge in [-0.2, -0.15) is 0 Å². The van der Waals surface area contributed by atoms with E-state index in [0.29, 0.717) is 39.6 Å². The molecule has 1 aliphatic heterocycles. The Labute approximate surface area is 145 Å². The Kier molecular flexibility index (Phi) is 3.81. The fourth-order valence-electron chi connectivity index (χ4n) is 2.66. The molecule has 2 amide bonds. The maximum Gasteiger partial charge on any atom is 0.293 e. The lowest BCUT2D eigenvalue weighted by Crippen LogP contribution is -2.21. The van der Waals surface area contributed by atoms with E-state index in [2.05, 4.69) is 15.6 Å². The highest BCUT2D eigenvalue weighted by atomic mass is 32.1. The monoisotopic (exact) mass is 355 g/mol. The number of aryl methyl sites for hydroxylation is 1. The fourth-order valence-corrected chi connectivity index (χ4v) is 3.59. The molecule has 2 aromatic heterocycles. The molecule has 0 aliphatic carbocycles. The molecule has 126 valence electrons. The standard InChI is InChI=1S/C17H13N3O4S/c21-11-8-13(24-12-6-2-1-4-9(11)12)15(22)20-17-19-10-5-3-7-18-16(23)14(10)25-17/h1-2,4,6,8H,3,5,7H2,(H,18,23)(H,19,20,22). The van der Waals surface area contributed by atoms with Crippen molar-refractivity contribution in [2.24, 2.45) is 0 Å². The number of rotatable bonds is 2. The molecule has 7 nitrogen and oxygen atoms in total. The molecule has 0 unspecified atom stereocenters. The van der Waals surface area contributed by atoms with Crippen molar-refractivity contribution in [2.45, 2.75) is 12.8 Å².